The van der Waals surface area contributed by atoms with Gasteiger partial charge in [0, 0.05) is 30.8 Å². The number of aryl methyl sites for hydroxylation is 1. The minimum absolute atomic E-state index is 0.126. The summed E-state index contributed by atoms with van der Waals surface area (Å²) >= 11 is 0. The van der Waals surface area contributed by atoms with E-state index in [-0.39, 0.29) is 11.3 Å². The number of carbonyl (C=O) groups excluding carboxylic acids is 1. The SMILES string of the molecule is O=C(CCc1cccnc1)NCC1(c2ccccc2)CC1. The van der Waals surface area contributed by atoms with Crippen molar-refractivity contribution in [2.24, 2.45) is 0 Å². The molecule has 0 aliphatic heterocycles. The second-order valence-electron chi connectivity index (χ2n) is 5.78. The van der Waals surface area contributed by atoms with Crippen LogP contribution in [0.4, 0.5) is 0 Å². The summed E-state index contributed by atoms with van der Waals surface area (Å²) in [7, 11) is 0. The fourth-order valence-corrected chi connectivity index (χ4v) is 2.67. The maximum atomic E-state index is 12.0. The predicted molar refractivity (Wildman–Crippen MR) is 82.9 cm³/mol. The summed E-state index contributed by atoms with van der Waals surface area (Å²) in [5.74, 6) is 0.126. The van der Waals surface area contributed by atoms with E-state index in [2.05, 4.69) is 34.6 Å². The number of nitrogens with one attached hydrogen (secondary N) is 1. The van der Waals surface area contributed by atoms with Crippen LogP contribution < -0.4 is 5.32 Å². The third-order valence-corrected chi connectivity index (χ3v) is 4.23. The van der Waals surface area contributed by atoms with Gasteiger partial charge in [-0.1, -0.05) is 36.4 Å². The molecule has 0 saturated heterocycles. The average Bonchev–Trinajstić information content (AvgIpc) is 3.34. The Hall–Kier alpha value is -2.16. The molecule has 0 spiro atoms. The summed E-state index contributed by atoms with van der Waals surface area (Å²) in [5.41, 5.74) is 2.64. The molecule has 0 bridgehead atoms. The second kappa shape index (κ2) is 6.08. The minimum atomic E-state index is 0.126. The van der Waals surface area contributed by atoms with Crippen molar-refractivity contribution in [3.8, 4) is 0 Å². The van der Waals surface area contributed by atoms with Crippen LogP contribution in [0.3, 0.4) is 0 Å². The van der Waals surface area contributed by atoms with Gasteiger partial charge in [0.05, 0.1) is 0 Å². The first-order chi connectivity index (χ1) is 10.3. The lowest BCUT2D eigenvalue weighted by atomic mass is 9.96. The smallest absolute Gasteiger partial charge is 0.220 e. The van der Waals surface area contributed by atoms with Gasteiger partial charge in [0.2, 0.25) is 5.91 Å². The Balaban J connectivity index is 1.48. The van der Waals surface area contributed by atoms with E-state index in [0.29, 0.717) is 6.42 Å². The van der Waals surface area contributed by atoms with Crippen LogP contribution in [-0.2, 0) is 16.6 Å². The van der Waals surface area contributed by atoms with Crippen molar-refractivity contribution in [3.63, 3.8) is 0 Å². The van der Waals surface area contributed by atoms with Gasteiger partial charge in [-0.3, -0.25) is 9.78 Å². The molecule has 1 heterocycles. The molecule has 0 atom stereocenters. The average molecular weight is 280 g/mol. The molecule has 0 unspecified atom stereocenters. The Morgan fingerprint density at radius 1 is 1.14 bits per heavy atom. The highest BCUT2D eigenvalue weighted by atomic mass is 16.1. The highest BCUT2D eigenvalue weighted by Crippen LogP contribution is 2.47. The van der Waals surface area contributed by atoms with Gasteiger partial charge in [-0.25, -0.2) is 0 Å². The summed E-state index contributed by atoms with van der Waals surface area (Å²) in [5, 5.41) is 3.09. The molecule has 1 N–H and O–H groups in total. The predicted octanol–water partition coefficient (Wildman–Crippen LogP) is 2.86. The Kier molecular flexibility index (Phi) is 4.00. The molecule has 1 aliphatic rings. The summed E-state index contributed by atoms with van der Waals surface area (Å²) < 4.78 is 0. The summed E-state index contributed by atoms with van der Waals surface area (Å²) in [6.07, 6.45) is 7.17. The van der Waals surface area contributed by atoms with Gasteiger partial charge in [-0.05, 0) is 36.5 Å². The maximum absolute atomic E-state index is 12.0. The van der Waals surface area contributed by atoms with Crippen LogP contribution in [0.2, 0.25) is 0 Å². The first kappa shape index (κ1) is 13.8. The van der Waals surface area contributed by atoms with Crippen LogP contribution in [-0.4, -0.2) is 17.4 Å². The monoisotopic (exact) mass is 280 g/mol. The Bertz CT molecular complexity index is 591. The number of carbonyl (C=O) groups is 1. The Labute approximate surface area is 125 Å². The Morgan fingerprint density at radius 2 is 1.95 bits per heavy atom. The van der Waals surface area contributed by atoms with E-state index >= 15 is 0 Å². The number of benzene rings is 1. The molecule has 3 nitrogen and oxygen atoms in total. The van der Waals surface area contributed by atoms with E-state index in [1.807, 2.05) is 24.4 Å². The molecular formula is C18H20N2O. The van der Waals surface area contributed by atoms with E-state index in [1.165, 1.54) is 18.4 Å². The van der Waals surface area contributed by atoms with Crippen LogP contribution in [0.15, 0.2) is 54.9 Å². The number of hydrogen-bond acceptors (Lipinski definition) is 2. The number of nitrogens with zero attached hydrogens (tertiary/aromatic N) is 1. The van der Waals surface area contributed by atoms with E-state index in [0.717, 1.165) is 18.5 Å². The number of aromatic nitrogens is 1. The molecule has 1 aromatic carbocycles. The molecule has 1 saturated carbocycles. The van der Waals surface area contributed by atoms with Crippen LogP contribution in [0.25, 0.3) is 0 Å². The quantitative estimate of drug-likeness (QED) is 0.884. The lowest BCUT2D eigenvalue weighted by molar-refractivity contribution is -0.121. The molecule has 1 amide bonds. The van der Waals surface area contributed by atoms with Crippen molar-refractivity contribution in [2.45, 2.75) is 31.1 Å². The Morgan fingerprint density at radius 3 is 2.62 bits per heavy atom. The number of rotatable bonds is 6. The number of amides is 1. The molecule has 3 rings (SSSR count). The van der Waals surface area contributed by atoms with Gasteiger partial charge in [-0.15, -0.1) is 0 Å². The first-order valence-corrected chi connectivity index (χ1v) is 7.50. The second-order valence-corrected chi connectivity index (χ2v) is 5.78. The largest absolute Gasteiger partial charge is 0.355 e. The molecular weight excluding hydrogens is 260 g/mol. The van der Waals surface area contributed by atoms with Crippen LogP contribution in [0.1, 0.15) is 30.4 Å². The van der Waals surface area contributed by atoms with Gasteiger partial charge in [0.15, 0.2) is 0 Å². The standard InChI is InChI=1S/C18H20N2O/c21-17(9-8-15-5-4-12-19-13-15)20-14-18(10-11-18)16-6-2-1-3-7-16/h1-7,12-13H,8-11,14H2,(H,20,21). The molecule has 21 heavy (non-hydrogen) atoms. The maximum Gasteiger partial charge on any atom is 0.220 e. The van der Waals surface area contributed by atoms with Gasteiger partial charge < -0.3 is 5.32 Å². The zero-order valence-electron chi connectivity index (χ0n) is 12.1. The number of pyridine rings is 1. The highest BCUT2D eigenvalue weighted by molar-refractivity contribution is 5.76. The molecule has 108 valence electrons. The third-order valence-electron chi connectivity index (χ3n) is 4.23. The fourth-order valence-electron chi connectivity index (χ4n) is 2.67. The molecule has 1 aliphatic carbocycles. The number of hydrogen-bond donors (Lipinski definition) is 1. The van der Waals surface area contributed by atoms with E-state index < -0.39 is 0 Å². The molecule has 3 heteroatoms. The van der Waals surface area contributed by atoms with E-state index in [9.17, 15) is 4.79 Å². The summed E-state index contributed by atoms with van der Waals surface area (Å²) in [6, 6.07) is 14.4. The lowest BCUT2D eigenvalue weighted by Gasteiger charge is -2.16. The summed E-state index contributed by atoms with van der Waals surface area (Å²) in [6.45, 7) is 0.753. The minimum Gasteiger partial charge on any atom is -0.355 e. The van der Waals surface area contributed by atoms with Gasteiger partial charge in [0.1, 0.15) is 0 Å². The van der Waals surface area contributed by atoms with Crippen LogP contribution in [0, 0.1) is 0 Å². The lowest BCUT2D eigenvalue weighted by Crippen LogP contribution is -2.32. The molecule has 2 aromatic rings. The molecule has 1 fully saturated rings. The third kappa shape index (κ3) is 3.48. The topological polar surface area (TPSA) is 42.0 Å². The fraction of sp³-hybridized carbons (Fsp3) is 0.333. The van der Waals surface area contributed by atoms with Crippen molar-refractivity contribution >= 4 is 5.91 Å². The molecule has 0 radical (unpaired) electrons. The van der Waals surface area contributed by atoms with Crippen LogP contribution >= 0.6 is 0 Å². The first-order valence-electron chi connectivity index (χ1n) is 7.50. The zero-order valence-corrected chi connectivity index (χ0v) is 12.1. The van der Waals surface area contributed by atoms with Gasteiger partial charge in [0.25, 0.3) is 0 Å². The van der Waals surface area contributed by atoms with E-state index in [4.69, 9.17) is 0 Å². The normalized spacial score (nSPS) is 15.4. The summed E-state index contributed by atoms with van der Waals surface area (Å²) in [4.78, 5) is 16.1. The van der Waals surface area contributed by atoms with E-state index in [1.54, 1.807) is 6.20 Å². The van der Waals surface area contributed by atoms with Crippen LogP contribution in [0.5, 0.6) is 0 Å². The van der Waals surface area contributed by atoms with Crippen molar-refractivity contribution in [2.75, 3.05) is 6.54 Å². The van der Waals surface area contributed by atoms with Gasteiger partial charge >= 0.3 is 0 Å². The van der Waals surface area contributed by atoms with Crippen molar-refractivity contribution < 1.29 is 4.79 Å². The van der Waals surface area contributed by atoms with Crippen molar-refractivity contribution in [1.29, 1.82) is 0 Å². The highest BCUT2D eigenvalue weighted by Gasteiger charge is 2.44. The van der Waals surface area contributed by atoms with Gasteiger partial charge in [-0.2, -0.15) is 0 Å². The van der Waals surface area contributed by atoms with Crippen molar-refractivity contribution in [1.82, 2.24) is 10.3 Å². The zero-order chi connectivity index (χ0) is 14.5. The van der Waals surface area contributed by atoms with Crippen molar-refractivity contribution in [3.05, 3.63) is 66.0 Å². The molecule has 1 aromatic heterocycles.